The van der Waals surface area contributed by atoms with Gasteiger partial charge in [0.05, 0.1) is 19.3 Å². The molecule has 1 aliphatic heterocycles. The molecule has 1 aromatic carbocycles. The second-order valence-corrected chi connectivity index (χ2v) is 10.6. The van der Waals surface area contributed by atoms with Gasteiger partial charge in [-0.1, -0.05) is 75.8 Å². The molecule has 1 aliphatic carbocycles. The van der Waals surface area contributed by atoms with E-state index < -0.39 is 18.1 Å². The molecule has 1 saturated carbocycles. The summed E-state index contributed by atoms with van der Waals surface area (Å²) in [6, 6.07) is 7.95. The van der Waals surface area contributed by atoms with Crippen LogP contribution in [-0.2, 0) is 30.3 Å². The molecule has 1 N–H and O–H groups in total. The van der Waals surface area contributed by atoms with E-state index in [1.807, 2.05) is 30.3 Å². The molecule has 1 aromatic rings. The molecule has 206 valence electrons. The molecule has 1 saturated heterocycles. The summed E-state index contributed by atoms with van der Waals surface area (Å²) in [5.41, 5.74) is 0.987. The third-order valence-electron chi connectivity index (χ3n) is 7.78. The molecular weight excluding hydrogens is 468 g/mol. The number of rotatable bonds is 15. The largest absolute Gasteiger partial charge is 0.465 e. The number of nitrogens with one attached hydrogen (secondary N) is 1. The Hall–Kier alpha value is -2.41. The molecule has 5 atom stereocenters. The van der Waals surface area contributed by atoms with Crippen LogP contribution in [0.4, 0.5) is 0 Å². The maximum Gasteiger partial charge on any atom is 0.328 e. The molecule has 5 unspecified atom stereocenters. The first-order chi connectivity index (χ1) is 18.0. The fourth-order valence-corrected chi connectivity index (χ4v) is 5.87. The fourth-order valence-electron chi connectivity index (χ4n) is 5.87. The van der Waals surface area contributed by atoms with E-state index in [2.05, 4.69) is 12.2 Å². The maximum absolute atomic E-state index is 13.8. The molecule has 0 bridgehead atoms. The van der Waals surface area contributed by atoms with Crippen LogP contribution in [-0.4, -0.2) is 60.1 Å². The van der Waals surface area contributed by atoms with Crippen molar-refractivity contribution in [2.75, 3.05) is 13.2 Å². The van der Waals surface area contributed by atoms with E-state index >= 15 is 0 Å². The highest BCUT2D eigenvalue weighted by molar-refractivity contribution is 5.89. The van der Waals surface area contributed by atoms with E-state index in [1.165, 1.54) is 19.3 Å². The van der Waals surface area contributed by atoms with Crippen LogP contribution < -0.4 is 5.32 Å². The van der Waals surface area contributed by atoms with Crippen LogP contribution in [0, 0.1) is 5.92 Å². The van der Waals surface area contributed by atoms with Crippen molar-refractivity contribution in [3.63, 3.8) is 0 Å². The van der Waals surface area contributed by atoms with Gasteiger partial charge in [-0.25, -0.2) is 4.79 Å². The van der Waals surface area contributed by atoms with E-state index in [4.69, 9.17) is 9.47 Å². The number of carbonyl (C=O) groups is 3. The van der Waals surface area contributed by atoms with Gasteiger partial charge in [-0.2, -0.15) is 0 Å². The second-order valence-electron chi connectivity index (χ2n) is 10.6. The van der Waals surface area contributed by atoms with Gasteiger partial charge in [-0.15, -0.1) is 0 Å². The van der Waals surface area contributed by atoms with E-state index in [-0.39, 0.29) is 30.5 Å². The Morgan fingerprint density at radius 1 is 1.00 bits per heavy atom. The number of unbranched alkanes of at least 4 members (excludes halogenated alkanes) is 5. The van der Waals surface area contributed by atoms with E-state index in [0.717, 1.165) is 44.1 Å². The normalized spacial score (nSPS) is 22.4. The lowest BCUT2D eigenvalue weighted by Gasteiger charge is -2.32. The molecule has 1 amide bonds. The summed E-state index contributed by atoms with van der Waals surface area (Å²) in [6.07, 6.45) is 10.9. The van der Waals surface area contributed by atoms with Gasteiger partial charge in [-0.3, -0.25) is 14.9 Å². The summed E-state index contributed by atoms with van der Waals surface area (Å²) in [4.78, 5) is 41.4. The van der Waals surface area contributed by atoms with Crippen LogP contribution in [0.2, 0.25) is 0 Å². The zero-order valence-corrected chi connectivity index (χ0v) is 23.0. The summed E-state index contributed by atoms with van der Waals surface area (Å²) in [7, 11) is 0. The number of amides is 1. The lowest BCUT2D eigenvalue weighted by molar-refractivity contribution is -0.156. The first-order valence-electron chi connectivity index (χ1n) is 14.4. The smallest absolute Gasteiger partial charge is 0.328 e. The van der Waals surface area contributed by atoms with Crippen molar-refractivity contribution >= 4 is 17.8 Å². The van der Waals surface area contributed by atoms with Gasteiger partial charge in [0.2, 0.25) is 5.91 Å². The topological polar surface area (TPSA) is 84.9 Å². The van der Waals surface area contributed by atoms with Gasteiger partial charge in [0, 0.05) is 6.04 Å². The quantitative estimate of drug-likeness (QED) is 0.267. The Bertz CT molecular complexity index is 861. The Kier molecular flexibility index (Phi) is 11.9. The minimum absolute atomic E-state index is 0.0681. The molecule has 0 aromatic heterocycles. The van der Waals surface area contributed by atoms with Crippen molar-refractivity contribution in [1.82, 2.24) is 10.2 Å². The first kappa shape index (κ1) is 29.2. The molecule has 2 fully saturated rings. The number of fused-ring (bicyclic) bond motifs is 1. The van der Waals surface area contributed by atoms with Crippen molar-refractivity contribution in [2.45, 2.75) is 116 Å². The third kappa shape index (κ3) is 8.29. The number of carbonyl (C=O) groups excluding carboxylic acids is 3. The summed E-state index contributed by atoms with van der Waals surface area (Å²) in [5, 5.41) is 3.22. The number of esters is 2. The van der Waals surface area contributed by atoms with Crippen molar-refractivity contribution in [1.29, 1.82) is 0 Å². The van der Waals surface area contributed by atoms with E-state index in [9.17, 15) is 14.4 Å². The fraction of sp³-hybridized carbons (Fsp3) is 0.700. The molecular formula is C30H46N2O5. The first-order valence-corrected chi connectivity index (χ1v) is 14.4. The molecule has 7 heteroatoms. The summed E-state index contributed by atoms with van der Waals surface area (Å²) in [5.74, 6) is -0.456. The molecule has 2 aliphatic rings. The number of likely N-dealkylation sites (tertiary alicyclic amines) is 1. The standard InChI is InChI=1S/C30H46N2O5/c1-4-6-7-8-9-13-19-37-30(35)27-21-24-17-14-18-26(24)32(27)28(33)22(3)31-25(29(34)36-5-2)20-23-15-11-10-12-16-23/h10-12,15-16,22,24-27,31H,4-9,13-14,17-21H2,1-3H3. The highest BCUT2D eigenvalue weighted by atomic mass is 16.5. The molecule has 1 heterocycles. The molecule has 37 heavy (non-hydrogen) atoms. The van der Waals surface area contributed by atoms with Crippen LogP contribution in [0.1, 0.15) is 90.5 Å². The highest BCUT2D eigenvalue weighted by Crippen LogP contribution is 2.42. The van der Waals surface area contributed by atoms with Gasteiger partial charge in [0.1, 0.15) is 12.1 Å². The zero-order chi connectivity index (χ0) is 26.6. The Morgan fingerprint density at radius 3 is 2.46 bits per heavy atom. The van der Waals surface area contributed by atoms with Crippen molar-refractivity contribution < 1.29 is 23.9 Å². The highest BCUT2D eigenvalue weighted by Gasteiger charge is 2.50. The number of ether oxygens (including phenoxy) is 2. The van der Waals surface area contributed by atoms with E-state index in [1.54, 1.807) is 18.7 Å². The minimum Gasteiger partial charge on any atom is -0.465 e. The average molecular weight is 515 g/mol. The van der Waals surface area contributed by atoms with Gasteiger partial charge in [0.25, 0.3) is 0 Å². The number of benzene rings is 1. The summed E-state index contributed by atoms with van der Waals surface area (Å²) >= 11 is 0. The van der Waals surface area contributed by atoms with Crippen molar-refractivity contribution in [3.8, 4) is 0 Å². The predicted octanol–water partition coefficient (Wildman–Crippen LogP) is 4.81. The Balaban J connectivity index is 1.62. The van der Waals surface area contributed by atoms with Gasteiger partial charge >= 0.3 is 11.9 Å². The van der Waals surface area contributed by atoms with Gasteiger partial charge in [0.15, 0.2) is 0 Å². The summed E-state index contributed by atoms with van der Waals surface area (Å²) in [6.45, 7) is 6.44. The second kappa shape index (κ2) is 15.1. The van der Waals surface area contributed by atoms with Crippen LogP contribution >= 0.6 is 0 Å². The van der Waals surface area contributed by atoms with Crippen LogP contribution in [0.25, 0.3) is 0 Å². The third-order valence-corrected chi connectivity index (χ3v) is 7.78. The van der Waals surface area contributed by atoms with Crippen molar-refractivity contribution in [2.24, 2.45) is 5.92 Å². The van der Waals surface area contributed by atoms with Gasteiger partial charge < -0.3 is 14.4 Å². The molecule has 3 rings (SSSR count). The summed E-state index contributed by atoms with van der Waals surface area (Å²) < 4.78 is 11.0. The minimum atomic E-state index is -0.651. The predicted molar refractivity (Wildman–Crippen MR) is 144 cm³/mol. The molecule has 0 radical (unpaired) electrons. The monoisotopic (exact) mass is 514 g/mol. The van der Waals surface area contributed by atoms with Crippen LogP contribution in [0.15, 0.2) is 30.3 Å². The number of hydrogen-bond donors (Lipinski definition) is 1. The maximum atomic E-state index is 13.8. The Labute approximate surface area is 222 Å². The van der Waals surface area contributed by atoms with Crippen LogP contribution in [0.3, 0.4) is 0 Å². The molecule has 7 nitrogen and oxygen atoms in total. The SMILES string of the molecule is CCCCCCCCOC(=O)C1CC2CCCC2N1C(=O)C(C)NC(Cc1ccccc1)C(=O)OCC. The van der Waals surface area contributed by atoms with Crippen molar-refractivity contribution in [3.05, 3.63) is 35.9 Å². The lowest BCUT2D eigenvalue weighted by atomic mass is 10.0. The molecule has 0 spiro atoms. The number of hydrogen-bond acceptors (Lipinski definition) is 6. The van der Waals surface area contributed by atoms with Crippen LogP contribution in [0.5, 0.6) is 0 Å². The van der Waals surface area contributed by atoms with E-state index in [0.29, 0.717) is 25.4 Å². The zero-order valence-electron chi connectivity index (χ0n) is 23.0. The number of nitrogens with zero attached hydrogens (tertiary/aromatic N) is 1. The van der Waals surface area contributed by atoms with Gasteiger partial charge in [-0.05, 0) is 57.4 Å². The lowest BCUT2D eigenvalue weighted by Crippen LogP contribution is -2.55. The average Bonchev–Trinajstić information content (AvgIpc) is 3.49. The Morgan fingerprint density at radius 2 is 1.73 bits per heavy atom.